The lowest BCUT2D eigenvalue weighted by molar-refractivity contribution is 0.638. The van der Waals surface area contributed by atoms with Gasteiger partial charge in [0.2, 0.25) is 0 Å². The van der Waals surface area contributed by atoms with Crippen LogP contribution in [-0.2, 0) is 0 Å². The third kappa shape index (κ3) is 1.16. The fourth-order valence-electron chi connectivity index (χ4n) is 1.03. The second-order valence-electron chi connectivity index (χ2n) is 2.30. The summed E-state index contributed by atoms with van der Waals surface area (Å²) in [4.78, 5) is 7.85. The molecule has 0 unspecified atom stereocenters. The Hall–Kier alpha value is -0.780. The first-order valence-electron chi connectivity index (χ1n) is 3.34. The summed E-state index contributed by atoms with van der Waals surface area (Å²) in [6, 6.07) is 4.82. The largest absolute Gasteiger partial charge is 0.236 e. The first-order chi connectivity index (χ1) is 5.79. The van der Waals surface area contributed by atoms with Crippen molar-refractivity contribution < 1.29 is 4.39 Å². The Morgan fingerprint density at radius 2 is 2.08 bits per heavy atom. The van der Waals surface area contributed by atoms with Crippen LogP contribution in [0, 0.1) is 9.52 Å². The molecule has 0 bridgehead atoms. The predicted octanol–water partition coefficient (Wildman–Crippen LogP) is 2.37. The van der Waals surface area contributed by atoms with E-state index >= 15 is 0 Å². The Labute approximate surface area is 82.0 Å². The third-order valence-electron chi connectivity index (χ3n) is 1.57. The summed E-state index contributed by atoms with van der Waals surface area (Å²) in [7, 11) is 0. The monoisotopic (exact) mass is 274 g/mol. The van der Waals surface area contributed by atoms with E-state index in [1.54, 1.807) is 12.1 Å². The molecule has 0 atom stereocenters. The van der Waals surface area contributed by atoms with Gasteiger partial charge in [0.1, 0.15) is 15.8 Å². The maximum atomic E-state index is 13.2. The molecule has 0 N–H and O–H groups in total. The Morgan fingerprint density at radius 1 is 1.25 bits per heavy atom. The van der Waals surface area contributed by atoms with Gasteiger partial charge in [0.25, 0.3) is 0 Å². The normalized spacial score (nSPS) is 10.5. The predicted molar refractivity (Wildman–Crippen MR) is 52.2 cm³/mol. The second-order valence-corrected chi connectivity index (χ2v) is 3.32. The van der Waals surface area contributed by atoms with Crippen LogP contribution in [0.3, 0.4) is 0 Å². The van der Waals surface area contributed by atoms with Crippen LogP contribution in [0.2, 0.25) is 0 Å². The molecule has 0 saturated carbocycles. The number of aromatic nitrogens is 2. The molecule has 12 heavy (non-hydrogen) atoms. The minimum atomic E-state index is -0.266. The minimum Gasteiger partial charge on any atom is -0.236 e. The Morgan fingerprint density at radius 3 is 2.83 bits per heavy atom. The molecule has 0 aliphatic carbocycles. The van der Waals surface area contributed by atoms with Crippen LogP contribution in [-0.4, -0.2) is 9.97 Å². The number of hydrogen-bond acceptors (Lipinski definition) is 2. The van der Waals surface area contributed by atoms with Crippen LogP contribution in [0.15, 0.2) is 24.5 Å². The molecule has 0 aliphatic heterocycles. The molecule has 2 rings (SSSR count). The quantitative estimate of drug-likeness (QED) is 0.544. The summed E-state index contributed by atoms with van der Waals surface area (Å²) in [5.41, 5.74) is 0.648. The summed E-state index contributed by atoms with van der Waals surface area (Å²) in [5, 5.41) is 0.501. The van der Waals surface area contributed by atoms with Gasteiger partial charge < -0.3 is 0 Å². The standard InChI is InChI=1S/C8H4FIN2/c9-5-2-1-3-6-7(5)8(10)12-4-11-6/h1-4H. The van der Waals surface area contributed by atoms with Crippen molar-refractivity contribution in [1.29, 1.82) is 0 Å². The highest BCUT2D eigenvalue weighted by Gasteiger charge is 2.04. The van der Waals surface area contributed by atoms with Gasteiger partial charge in [-0.1, -0.05) is 6.07 Å². The lowest BCUT2D eigenvalue weighted by Gasteiger charge is -1.98. The van der Waals surface area contributed by atoms with Crippen molar-refractivity contribution in [2.75, 3.05) is 0 Å². The molecule has 1 heterocycles. The molecule has 1 aromatic heterocycles. The molecule has 2 aromatic rings. The lowest BCUT2D eigenvalue weighted by atomic mass is 10.2. The summed E-state index contributed by atoms with van der Waals surface area (Å²) in [5.74, 6) is -0.266. The Kier molecular flexibility index (Phi) is 1.92. The SMILES string of the molecule is Fc1cccc2ncnc(I)c12. The van der Waals surface area contributed by atoms with Crippen molar-refractivity contribution in [2.24, 2.45) is 0 Å². The topological polar surface area (TPSA) is 25.8 Å². The van der Waals surface area contributed by atoms with Crippen LogP contribution in [0.4, 0.5) is 4.39 Å². The molecule has 0 spiro atoms. The summed E-state index contributed by atoms with van der Waals surface area (Å²) < 4.78 is 13.8. The van der Waals surface area contributed by atoms with Gasteiger partial charge in [-0.3, -0.25) is 0 Å². The van der Waals surface area contributed by atoms with Crippen molar-refractivity contribution in [3.05, 3.63) is 34.0 Å². The molecule has 0 fully saturated rings. The van der Waals surface area contributed by atoms with E-state index in [0.29, 0.717) is 14.6 Å². The van der Waals surface area contributed by atoms with Gasteiger partial charge in [0.05, 0.1) is 10.9 Å². The molecule has 4 heteroatoms. The van der Waals surface area contributed by atoms with E-state index in [1.807, 2.05) is 22.6 Å². The van der Waals surface area contributed by atoms with Crippen molar-refractivity contribution in [1.82, 2.24) is 9.97 Å². The number of fused-ring (bicyclic) bond motifs is 1. The zero-order valence-electron chi connectivity index (χ0n) is 5.96. The van der Waals surface area contributed by atoms with Gasteiger partial charge >= 0.3 is 0 Å². The third-order valence-corrected chi connectivity index (χ3v) is 2.38. The van der Waals surface area contributed by atoms with Crippen LogP contribution in [0.5, 0.6) is 0 Å². The number of benzene rings is 1. The van der Waals surface area contributed by atoms with Crippen molar-refractivity contribution in [3.8, 4) is 0 Å². The van der Waals surface area contributed by atoms with Gasteiger partial charge in [-0.2, -0.15) is 0 Å². The summed E-state index contributed by atoms with van der Waals surface area (Å²) in [6.45, 7) is 0. The maximum absolute atomic E-state index is 13.2. The molecule has 0 saturated heterocycles. The maximum Gasteiger partial charge on any atom is 0.135 e. The lowest BCUT2D eigenvalue weighted by Crippen LogP contribution is -1.89. The van der Waals surface area contributed by atoms with Gasteiger partial charge in [0, 0.05) is 0 Å². The zero-order valence-corrected chi connectivity index (χ0v) is 8.12. The van der Waals surface area contributed by atoms with Crippen molar-refractivity contribution >= 4 is 33.5 Å². The first kappa shape index (κ1) is 7.85. The van der Waals surface area contributed by atoms with Crippen LogP contribution < -0.4 is 0 Å². The van der Waals surface area contributed by atoms with Crippen LogP contribution in [0.1, 0.15) is 0 Å². The van der Waals surface area contributed by atoms with Crippen molar-refractivity contribution in [3.63, 3.8) is 0 Å². The zero-order chi connectivity index (χ0) is 8.55. The average Bonchev–Trinajstić information content (AvgIpc) is 2.04. The van der Waals surface area contributed by atoms with Crippen molar-refractivity contribution in [2.45, 2.75) is 0 Å². The Bertz CT molecular complexity index is 394. The smallest absolute Gasteiger partial charge is 0.135 e. The number of hydrogen-bond donors (Lipinski definition) is 0. The van der Waals surface area contributed by atoms with E-state index in [9.17, 15) is 4.39 Å². The minimum absolute atomic E-state index is 0.266. The highest BCUT2D eigenvalue weighted by Crippen LogP contribution is 2.19. The van der Waals surface area contributed by atoms with Gasteiger partial charge in [0.15, 0.2) is 0 Å². The first-order valence-corrected chi connectivity index (χ1v) is 4.41. The summed E-state index contributed by atoms with van der Waals surface area (Å²) in [6.07, 6.45) is 1.43. The average molecular weight is 274 g/mol. The molecular weight excluding hydrogens is 270 g/mol. The van der Waals surface area contributed by atoms with Crippen LogP contribution >= 0.6 is 22.6 Å². The van der Waals surface area contributed by atoms with E-state index in [0.717, 1.165) is 0 Å². The van der Waals surface area contributed by atoms with E-state index < -0.39 is 0 Å². The van der Waals surface area contributed by atoms with E-state index in [1.165, 1.54) is 12.4 Å². The fraction of sp³-hybridized carbons (Fsp3) is 0. The molecule has 0 aliphatic rings. The second kappa shape index (κ2) is 2.93. The number of rotatable bonds is 0. The molecule has 2 nitrogen and oxygen atoms in total. The highest BCUT2D eigenvalue weighted by molar-refractivity contribution is 14.1. The Balaban J connectivity index is 2.96. The van der Waals surface area contributed by atoms with E-state index in [4.69, 9.17) is 0 Å². The molecule has 0 amide bonds. The molecular formula is C8H4FIN2. The van der Waals surface area contributed by atoms with Gasteiger partial charge in [-0.05, 0) is 34.7 Å². The highest BCUT2D eigenvalue weighted by atomic mass is 127. The van der Waals surface area contributed by atoms with Crippen LogP contribution in [0.25, 0.3) is 10.9 Å². The number of nitrogens with zero attached hydrogens (tertiary/aromatic N) is 2. The molecule has 60 valence electrons. The number of halogens is 2. The van der Waals surface area contributed by atoms with E-state index in [-0.39, 0.29) is 5.82 Å². The summed E-state index contributed by atoms with van der Waals surface area (Å²) >= 11 is 1.99. The molecule has 1 aromatic carbocycles. The van der Waals surface area contributed by atoms with Gasteiger partial charge in [-0.15, -0.1) is 0 Å². The molecule has 0 radical (unpaired) electrons. The van der Waals surface area contributed by atoms with Gasteiger partial charge in [-0.25, -0.2) is 14.4 Å². The van der Waals surface area contributed by atoms with E-state index in [2.05, 4.69) is 9.97 Å². The fourth-order valence-corrected chi connectivity index (χ4v) is 1.69.